The van der Waals surface area contributed by atoms with Crippen LogP contribution in [0.1, 0.15) is 34.7 Å². The van der Waals surface area contributed by atoms with E-state index in [4.69, 9.17) is 4.98 Å². The van der Waals surface area contributed by atoms with Gasteiger partial charge >= 0.3 is 0 Å². The molecule has 3 heterocycles. The van der Waals surface area contributed by atoms with Crippen LogP contribution in [-0.4, -0.2) is 43.4 Å². The van der Waals surface area contributed by atoms with Gasteiger partial charge in [-0.15, -0.1) is 0 Å². The predicted molar refractivity (Wildman–Crippen MR) is 108 cm³/mol. The number of carbonyl (C=O) groups is 1. The molecular formula is C22H24FN5O. The Balaban J connectivity index is 1.47. The Hall–Kier alpha value is -3.09. The fraction of sp³-hybridized carbons (Fsp3) is 0.364. The summed E-state index contributed by atoms with van der Waals surface area (Å²) in [6.07, 6.45) is 7.98. The molecule has 0 unspecified atom stereocenters. The lowest BCUT2D eigenvalue weighted by molar-refractivity contribution is 0.0668. The van der Waals surface area contributed by atoms with E-state index in [0.29, 0.717) is 13.1 Å². The third kappa shape index (κ3) is 4.04. The lowest BCUT2D eigenvalue weighted by Gasteiger charge is -2.32. The number of aromatic nitrogens is 4. The minimum atomic E-state index is -0.468. The Bertz CT molecular complexity index is 1030. The van der Waals surface area contributed by atoms with E-state index < -0.39 is 5.82 Å². The number of amides is 1. The molecular weight excluding hydrogens is 369 g/mol. The Labute approximate surface area is 169 Å². The molecule has 0 spiro atoms. The Kier molecular flexibility index (Phi) is 5.38. The topological polar surface area (TPSA) is 63.9 Å². The van der Waals surface area contributed by atoms with Crippen molar-refractivity contribution < 1.29 is 9.18 Å². The molecule has 150 valence electrons. The number of likely N-dealkylation sites (tertiary alicyclic amines) is 1. The van der Waals surface area contributed by atoms with Crippen molar-refractivity contribution in [2.75, 3.05) is 13.1 Å². The van der Waals surface area contributed by atoms with Crippen LogP contribution in [0.3, 0.4) is 0 Å². The summed E-state index contributed by atoms with van der Waals surface area (Å²) >= 11 is 0. The van der Waals surface area contributed by atoms with E-state index >= 15 is 0 Å². The lowest BCUT2D eigenvalue weighted by Crippen LogP contribution is -2.40. The SMILES string of the molecule is Cc1ncc(-c2cncc(C[C@@H]3CCCN(C(=O)c4ccccc4F)C3)n2)n1C. The predicted octanol–water partition coefficient (Wildman–Crippen LogP) is 3.42. The Morgan fingerprint density at radius 2 is 2.07 bits per heavy atom. The van der Waals surface area contributed by atoms with Crippen LogP contribution in [0, 0.1) is 18.7 Å². The van der Waals surface area contributed by atoms with Crippen molar-refractivity contribution in [2.45, 2.75) is 26.2 Å². The van der Waals surface area contributed by atoms with E-state index in [-0.39, 0.29) is 17.4 Å². The van der Waals surface area contributed by atoms with Gasteiger partial charge in [-0.05, 0) is 44.2 Å². The molecule has 1 amide bonds. The van der Waals surface area contributed by atoms with Crippen molar-refractivity contribution in [3.63, 3.8) is 0 Å². The van der Waals surface area contributed by atoms with Crippen molar-refractivity contribution in [1.29, 1.82) is 0 Å². The second-order valence-electron chi connectivity index (χ2n) is 7.59. The average Bonchev–Trinajstić information content (AvgIpc) is 3.07. The molecule has 1 atom stereocenters. The average molecular weight is 393 g/mol. The van der Waals surface area contributed by atoms with E-state index in [1.165, 1.54) is 6.07 Å². The first-order chi connectivity index (χ1) is 14.0. The number of hydrogen-bond acceptors (Lipinski definition) is 4. The Morgan fingerprint density at radius 1 is 1.24 bits per heavy atom. The highest BCUT2D eigenvalue weighted by Gasteiger charge is 2.26. The molecule has 4 rings (SSSR count). The zero-order chi connectivity index (χ0) is 20.4. The molecule has 1 aromatic carbocycles. The molecule has 1 aliphatic rings. The van der Waals surface area contributed by atoms with E-state index in [1.807, 2.05) is 18.5 Å². The van der Waals surface area contributed by atoms with Gasteiger partial charge in [0.1, 0.15) is 17.3 Å². The fourth-order valence-electron chi connectivity index (χ4n) is 3.89. The summed E-state index contributed by atoms with van der Waals surface area (Å²) in [6.45, 7) is 3.21. The number of carbonyl (C=O) groups excluding carboxylic acids is 1. The molecule has 0 N–H and O–H groups in total. The highest BCUT2D eigenvalue weighted by molar-refractivity contribution is 5.94. The highest BCUT2D eigenvalue weighted by Crippen LogP contribution is 2.23. The van der Waals surface area contributed by atoms with Crippen LogP contribution in [0.15, 0.2) is 42.9 Å². The third-order valence-electron chi connectivity index (χ3n) is 5.58. The summed E-state index contributed by atoms with van der Waals surface area (Å²) in [6, 6.07) is 6.17. The standard InChI is InChI=1S/C22H24FN5O/c1-15-25-13-21(27(15)2)20-12-24-11-17(26-20)10-16-6-5-9-28(14-16)22(29)18-7-3-4-8-19(18)23/h3-4,7-8,11-13,16H,5-6,9-10,14H2,1-2H3/t16-/m0/s1. The molecule has 6 nitrogen and oxygen atoms in total. The second kappa shape index (κ2) is 8.11. The molecule has 1 saturated heterocycles. The van der Waals surface area contributed by atoms with Crippen LogP contribution in [0.5, 0.6) is 0 Å². The van der Waals surface area contributed by atoms with Crippen LogP contribution in [0.4, 0.5) is 4.39 Å². The molecule has 0 aliphatic carbocycles. The first kappa shape index (κ1) is 19.2. The first-order valence-electron chi connectivity index (χ1n) is 9.86. The first-order valence-corrected chi connectivity index (χ1v) is 9.86. The summed E-state index contributed by atoms with van der Waals surface area (Å²) in [5, 5.41) is 0. The van der Waals surface area contributed by atoms with E-state index in [1.54, 1.807) is 41.7 Å². The molecule has 7 heteroatoms. The summed E-state index contributed by atoms with van der Waals surface area (Å²) in [5.74, 6) is 0.488. The van der Waals surface area contributed by atoms with Crippen molar-refractivity contribution in [3.05, 3.63) is 65.8 Å². The zero-order valence-electron chi connectivity index (χ0n) is 16.7. The Morgan fingerprint density at radius 3 is 2.83 bits per heavy atom. The van der Waals surface area contributed by atoms with Crippen molar-refractivity contribution in [2.24, 2.45) is 13.0 Å². The van der Waals surface area contributed by atoms with Gasteiger partial charge in [-0.3, -0.25) is 9.78 Å². The van der Waals surface area contributed by atoms with Crippen molar-refractivity contribution in [3.8, 4) is 11.4 Å². The van der Waals surface area contributed by atoms with E-state index in [0.717, 1.165) is 42.2 Å². The van der Waals surface area contributed by atoms with Gasteiger partial charge in [0, 0.05) is 26.3 Å². The minimum Gasteiger partial charge on any atom is -0.338 e. The molecule has 2 aromatic heterocycles. The molecule has 0 bridgehead atoms. The van der Waals surface area contributed by atoms with Crippen LogP contribution in [-0.2, 0) is 13.5 Å². The maximum Gasteiger partial charge on any atom is 0.256 e. The van der Waals surface area contributed by atoms with Crippen LogP contribution in [0.2, 0.25) is 0 Å². The number of halogens is 1. The van der Waals surface area contributed by atoms with E-state index in [2.05, 4.69) is 9.97 Å². The number of aryl methyl sites for hydroxylation is 1. The maximum atomic E-state index is 14.0. The van der Waals surface area contributed by atoms with Crippen molar-refractivity contribution in [1.82, 2.24) is 24.4 Å². The molecule has 0 radical (unpaired) electrons. The smallest absolute Gasteiger partial charge is 0.256 e. The largest absolute Gasteiger partial charge is 0.338 e. The summed E-state index contributed by atoms with van der Waals surface area (Å²) in [7, 11) is 1.96. The molecule has 1 fully saturated rings. The van der Waals surface area contributed by atoms with Gasteiger partial charge in [-0.25, -0.2) is 14.4 Å². The number of rotatable bonds is 4. The monoisotopic (exact) mass is 393 g/mol. The second-order valence-corrected chi connectivity index (χ2v) is 7.59. The van der Waals surface area contributed by atoms with Gasteiger partial charge in [-0.1, -0.05) is 12.1 Å². The van der Waals surface area contributed by atoms with Gasteiger partial charge in [0.15, 0.2) is 0 Å². The zero-order valence-corrected chi connectivity index (χ0v) is 16.7. The number of imidazole rings is 1. The van der Waals surface area contributed by atoms with E-state index in [9.17, 15) is 9.18 Å². The number of piperidine rings is 1. The summed E-state index contributed by atoms with van der Waals surface area (Å²) in [5.41, 5.74) is 2.76. The van der Waals surface area contributed by atoms with Gasteiger partial charge in [-0.2, -0.15) is 0 Å². The molecule has 0 saturated carbocycles. The number of benzene rings is 1. The normalized spacial score (nSPS) is 16.8. The summed E-state index contributed by atoms with van der Waals surface area (Å²) in [4.78, 5) is 28.0. The van der Waals surface area contributed by atoms with Gasteiger partial charge < -0.3 is 9.47 Å². The quantitative estimate of drug-likeness (QED) is 0.681. The number of nitrogens with zero attached hydrogens (tertiary/aromatic N) is 5. The third-order valence-corrected chi connectivity index (χ3v) is 5.58. The van der Waals surface area contributed by atoms with Crippen LogP contribution >= 0.6 is 0 Å². The van der Waals surface area contributed by atoms with Gasteiger partial charge in [0.2, 0.25) is 0 Å². The van der Waals surface area contributed by atoms with Crippen molar-refractivity contribution >= 4 is 5.91 Å². The van der Waals surface area contributed by atoms with Crippen LogP contribution < -0.4 is 0 Å². The van der Waals surface area contributed by atoms with Crippen LogP contribution in [0.25, 0.3) is 11.4 Å². The molecule has 1 aliphatic heterocycles. The summed E-state index contributed by atoms with van der Waals surface area (Å²) < 4.78 is 16.0. The lowest BCUT2D eigenvalue weighted by atomic mass is 9.93. The fourth-order valence-corrected chi connectivity index (χ4v) is 3.89. The minimum absolute atomic E-state index is 0.140. The van der Waals surface area contributed by atoms with Gasteiger partial charge in [0.05, 0.1) is 29.3 Å². The van der Waals surface area contributed by atoms with Gasteiger partial charge in [0.25, 0.3) is 5.91 Å². The molecule has 3 aromatic rings. The maximum absolute atomic E-state index is 14.0. The highest BCUT2D eigenvalue weighted by atomic mass is 19.1. The number of hydrogen-bond donors (Lipinski definition) is 0. The molecule has 29 heavy (non-hydrogen) atoms.